The monoisotopic (exact) mass is 203 g/mol. The Bertz CT molecular complexity index is 494. The summed E-state index contributed by atoms with van der Waals surface area (Å²) < 4.78 is 1.35. The van der Waals surface area contributed by atoms with Gasteiger partial charge in [0.05, 0.1) is 4.88 Å². The molecule has 0 atom stereocenters. The molecule has 1 aromatic heterocycles. The molecule has 2 rings (SSSR count). The van der Waals surface area contributed by atoms with E-state index in [9.17, 15) is 0 Å². The van der Waals surface area contributed by atoms with E-state index >= 15 is 0 Å². The topological polar surface area (TPSA) is 12.4 Å². The molecule has 0 spiro atoms. The van der Waals surface area contributed by atoms with E-state index in [0.29, 0.717) is 0 Å². The van der Waals surface area contributed by atoms with Crippen LogP contribution >= 0.6 is 11.3 Å². The van der Waals surface area contributed by atoms with E-state index in [-0.39, 0.29) is 0 Å². The number of rotatable bonds is 1. The van der Waals surface area contributed by atoms with Crippen LogP contribution in [0.4, 0.5) is 0 Å². The predicted octanol–water partition coefficient (Wildman–Crippen LogP) is 3.65. The third kappa shape index (κ3) is 1.36. The molecular formula is C12H13NS. The fraction of sp³-hybridized carbons (Fsp3) is 0.250. The summed E-state index contributed by atoms with van der Waals surface area (Å²) in [6.45, 7) is 4.24. The Hall–Kier alpha value is -1.15. The van der Waals surface area contributed by atoms with Crippen LogP contribution in [0.25, 0.3) is 10.1 Å². The SMILES string of the molecule is CN=C(C)c1sc2ccccc2c1C. The maximum atomic E-state index is 4.24. The number of hydrogen-bond acceptors (Lipinski definition) is 2. The average Bonchev–Trinajstić information content (AvgIpc) is 2.56. The van der Waals surface area contributed by atoms with Crippen molar-refractivity contribution in [2.75, 3.05) is 7.05 Å². The Balaban J connectivity index is 2.75. The van der Waals surface area contributed by atoms with Crippen LogP contribution in [0.5, 0.6) is 0 Å². The van der Waals surface area contributed by atoms with Crippen LogP contribution < -0.4 is 0 Å². The Morgan fingerprint density at radius 1 is 1.29 bits per heavy atom. The van der Waals surface area contributed by atoms with Crippen LogP contribution in [0.3, 0.4) is 0 Å². The number of benzene rings is 1. The molecule has 0 N–H and O–H groups in total. The Labute approximate surface area is 88.1 Å². The molecule has 0 fully saturated rings. The molecule has 1 nitrogen and oxygen atoms in total. The first kappa shape index (κ1) is 9.41. The van der Waals surface area contributed by atoms with Crippen LogP contribution in [0.2, 0.25) is 0 Å². The molecule has 0 saturated heterocycles. The largest absolute Gasteiger partial charge is 0.292 e. The van der Waals surface area contributed by atoms with E-state index in [1.165, 1.54) is 20.5 Å². The quantitative estimate of drug-likeness (QED) is 0.627. The molecule has 2 aromatic rings. The molecule has 0 unspecified atom stereocenters. The first-order valence-corrected chi connectivity index (χ1v) is 5.47. The molecule has 0 amide bonds. The second-order valence-corrected chi connectivity index (χ2v) is 4.41. The number of nitrogens with zero attached hydrogens (tertiary/aromatic N) is 1. The number of thiophene rings is 1. The molecule has 0 aliphatic carbocycles. The van der Waals surface area contributed by atoms with Crippen LogP contribution in [0.1, 0.15) is 17.4 Å². The standard InChI is InChI=1S/C12H13NS/c1-8-10-6-4-5-7-11(10)14-12(8)9(2)13-3/h4-7H,1-3H3. The van der Waals surface area contributed by atoms with Gasteiger partial charge in [0, 0.05) is 17.5 Å². The highest BCUT2D eigenvalue weighted by Crippen LogP contribution is 2.30. The highest BCUT2D eigenvalue weighted by molar-refractivity contribution is 7.21. The minimum absolute atomic E-state index is 1.13. The van der Waals surface area contributed by atoms with E-state index in [1.54, 1.807) is 0 Å². The van der Waals surface area contributed by atoms with Gasteiger partial charge in [-0.2, -0.15) is 0 Å². The summed E-state index contributed by atoms with van der Waals surface area (Å²) in [5, 5.41) is 1.36. The summed E-state index contributed by atoms with van der Waals surface area (Å²) in [5.41, 5.74) is 2.48. The van der Waals surface area contributed by atoms with Crippen LogP contribution in [0.15, 0.2) is 29.3 Å². The first-order valence-electron chi connectivity index (χ1n) is 4.66. The van der Waals surface area contributed by atoms with Crippen molar-refractivity contribution >= 4 is 27.1 Å². The van der Waals surface area contributed by atoms with Gasteiger partial charge in [-0.15, -0.1) is 11.3 Å². The molecule has 72 valence electrons. The highest BCUT2D eigenvalue weighted by atomic mass is 32.1. The number of fused-ring (bicyclic) bond motifs is 1. The minimum Gasteiger partial charge on any atom is -0.292 e. The molecule has 0 radical (unpaired) electrons. The lowest BCUT2D eigenvalue weighted by molar-refractivity contribution is 1.41. The summed E-state index contributed by atoms with van der Waals surface area (Å²) in [6.07, 6.45) is 0. The van der Waals surface area contributed by atoms with Crippen LogP contribution in [-0.2, 0) is 0 Å². The van der Waals surface area contributed by atoms with Crippen molar-refractivity contribution in [2.45, 2.75) is 13.8 Å². The van der Waals surface area contributed by atoms with E-state index in [4.69, 9.17) is 0 Å². The molecule has 14 heavy (non-hydrogen) atoms. The summed E-state index contributed by atoms with van der Waals surface area (Å²) in [7, 11) is 1.85. The zero-order valence-corrected chi connectivity index (χ0v) is 9.48. The van der Waals surface area contributed by atoms with Gasteiger partial charge in [0.2, 0.25) is 0 Å². The summed E-state index contributed by atoms with van der Waals surface area (Å²) in [4.78, 5) is 5.56. The Morgan fingerprint density at radius 3 is 2.64 bits per heavy atom. The normalized spacial score (nSPS) is 12.4. The van der Waals surface area contributed by atoms with Crippen LogP contribution in [-0.4, -0.2) is 12.8 Å². The van der Waals surface area contributed by atoms with Gasteiger partial charge in [-0.05, 0) is 30.9 Å². The van der Waals surface area contributed by atoms with E-state index < -0.39 is 0 Å². The van der Waals surface area contributed by atoms with Crippen molar-refractivity contribution in [3.8, 4) is 0 Å². The van der Waals surface area contributed by atoms with Crippen molar-refractivity contribution in [1.82, 2.24) is 0 Å². The second-order valence-electron chi connectivity index (χ2n) is 3.36. The lowest BCUT2D eigenvalue weighted by Gasteiger charge is -1.95. The summed E-state index contributed by atoms with van der Waals surface area (Å²) in [5.74, 6) is 0. The zero-order chi connectivity index (χ0) is 10.1. The molecular weight excluding hydrogens is 190 g/mol. The van der Waals surface area contributed by atoms with E-state index in [0.717, 1.165) is 5.71 Å². The van der Waals surface area contributed by atoms with Crippen LogP contribution in [0, 0.1) is 6.92 Å². The number of aryl methyl sites for hydroxylation is 1. The maximum Gasteiger partial charge on any atom is 0.0519 e. The fourth-order valence-corrected chi connectivity index (χ4v) is 2.82. The minimum atomic E-state index is 1.13. The van der Waals surface area contributed by atoms with Crippen molar-refractivity contribution in [1.29, 1.82) is 0 Å². The zero-order valence-electron chi connectivity index (χ0n) is 8.66. The average molecular weight is 203 g/mol. The second kappa shape index (κ2) is 3.54. The third-order valence-electron chi connectivity index (χ3n) is 2.51. The Morgan fingerprint density at radius 2 is 2.00 bits per heavy atom. The maximum absolute atomic E-state index is 4.24. The first-order chi connectivity index (χ1) is 6.74. The van der Waals surface area contributed by atoms with Crippen molar-refractivity contribution in [2.24, 2.45) is 4.99 Å². The number of hydrogen-bond donors (Lipinski definition) is 0. The summed E-state index contributed by atoms with van der Waals surface area (Å²) >= 11 is 1.83. The fourth-order valence-electron chi connectivity index (χ4n) is 1.62. The van der Waals surface area contributed by atoms with E-state index in [1.807, 2.05) is 18.4 Å². The predicted molar refractivity (Wildman–Crippen MR) is 64.7 cm³/mol. The lowest BCUT2D eigenvalue weighted by Crippen LogP contribution is -1.91. The third-order valence-corrected chi connectivity index (χ3v) is 3.89. The molecule has 0 bridgehead atoms. The van der Waals surface area contributed by atoms with Crippen molar-refractivity contribution in [3.63, 3.8) is 0 Å². The van der Waals surface area contributed by atoms with Crippen molar-refractivity contribution < 1.29 is 0 Å². The molecule has 1 aromatic carbocycles. The number of aliphatic imine (C=N–C) groups is 1. The van der Waals surface area contributed by atoms with E-state index in [2.05, 4.69) is 43.1 Å². The van der Waals surface area contributed by atoms with Gasteiger partial charge >= 0.3 is 0 Å². The van der Waals surface area contributed by atoms with Gasteiger partial charge in [-0.3, -0.25) is 4.99 Å². The Kier molecular flexibility index (Phi) is 2.38. The van der Waals surface area contributed by atoms with Gasteiger partial charge in [-0.25, -0.2) is 0 Å². The molecule has 2 heteroatoms. The molecule has 0 saturated carbocycles. The van der Waals surface area contributed by atoms with Crippen molar-refractivity contribution in [3.05, 3.63) is 34.7 Å². The van der Waals surface area contributed by atoms with Gasteiger partial charge in [0.25, 0.3) is 0 Å². The molecule has 0 aliphatic heterocycles. The van der Waals surface area contributed by atoms with Gasteiger partial charge in [0.15, 0.2) is 0 Å². The highest BCUT2D eigenvalue weighted by Gasteiger charge is 2.08. The molecule has 0 aliphatic rings. The van der Waals surface area contributed by atoms with Gasteiger partial charge in [0.1, 0.15) is 0 Å². The molecule has 1 heterocycles. The smallest absolute Gasteiger partial charge is 0.0519 e. The summed E-state index contributed by atoms with van der Waals surface area (Å²) in [6, 6.07) is 8.51. The van der Waals surface area contributed by atoms with Gasteiger partial charge < -0.3 is 0 Å². The lowest BCUT2D eigenvalue weighted by atomic mass is 10.1. The van der Waals surface area contributed by atoms with Gasteiger partial charge in [-0.1, -0.05) is 18.2 Å².